The first-order valence-corrected chi connectivity index (χ1v) is 6.00. The van der Waals surface area contributed by atoms with Crippen molar-refractivity contribution >= 4 is 27.5 Å². The number of carbonyl (C=O) groups excluding carboxylic acids is 1. The summed E-state index contributed by atoms with van der Waals surface area (Å²) in [6.45, 7) is 2.02. The number of halogens is 1. The normalized spacial score (nSPS) is 15.1. The third kappa shape index (κ3) is 3.06. The second kappa shape index (κ2) is 4.35. The minimum absolute atomic E-state index is 0.129. The summed E-state index contributed by atoms with van der Waals surface area (Å²) in [5.41, 5.74) is 2.03. The third-order valence-electron chi connectivity index (χ3n) is 2.57. The van der Waals surface area contributed by atoms with Crippen molar-refractivity contribution in [1.82, 2.24) is 0 Å². The first kappa shape index (κ1) is 10.7. The van der Waals surface area contributed by atoms with Gasteiger partial charge in [-0.25, -0.2) is 0 Å². The fourth-order valence-electron chi connectivity index (χ4n) is 1.52. The van der Waals surface area contributed by atoms with E-state index in [1.54, 1.807) is 0 Å². The SMILES string of the molecule is Cc1ccc(Br)c(NC(=O)CC2CC2)c1. The third-order valence-corrected chi connectivity index (χ3v) is 3.26. The van der Waals surface area contributed by atoms with Gasteiger partial charge >= 0.3 is 0 Å². The summed E-state index contributed by atoms with van der Waals surface area (Å²) in [5.74, 6) is 0.761. The lowest BCUT2D eigenvalue weighted by atomic mass is 10.2. The van der Waals surface area contributed by atoms with E-state index in [2.05, 4.69) is 21.2 Å². The molecule has 0 radical (unpaired) electrons. The monoisotopic (exact) mass is 267 g/mol. The summed E-state index contributed by atoms with van der Waals surface area (Å²) in [5, 5.41) is 2.94. The molecule has 0 heterocycles. The molecule has 2 nitrogen and oxygen atoms in total. The summed E-state index contributed by atoms with van der Waals surface area (Å²) in [6, 6.07) is 5.96. The van der Waals surface area contributed by atoms with Crippen molar-refractivity contribution in [3.63, 3.8) is 0 Å². The smallest absolute Gasteiger partial charge is 0.224 e. The second-order valence-corrected chi connectivity index (χ2v) is 5.03. The molecule has 0 atom stereocenters. The van der Waals surface area contributed by atoms with Crippen molar-refractivity contribution in [2.75, 3.05) is 5.32 Å². The number of amides is 1. The van der Waals surface area contributed by atoms with Gasteiger partial charge in [0.05, 0.1) is 5.69 Å². The molecule has 0 saturated heterocycles. The fraction of sp³-hybridized carbons (Fsp3) is 0.417. The van der Waals surface area contributed by atoms with Gasteiger partial charge in [0.2, 0.25) is 5.91 Å². The van der Waals surface area contributed by atoms with Crippen LogP contribution in [0.2, 0.25) is 0 Å². The molecule has 1 aromatic carbocycles. The Hall–Kier alpha value is -0.830. The van der Waals surface area contributed by atoms with Crippen LogP contribution < -0.4 is 5.32 Å². The Bertz CT molecular complexity index is 385. The molecule has 1 saturated carbocycles. The van der Waals surface area contributed by atoms with Crippen molar-refractivity contribution in [1.29, 1.82) is 0 Å². The molecule has 2 rings (SSSR count). The number of rotatable bonds is 3. The first-order valence-electron chi connectivity index (χ1n) is 5.21. The van der Waals surface area contributed by atoms with Crippen LogP contribution in [-0.4, -0.2) is 5.91 Å². The number of hydrogen-bond donors (Lipinski definition) is 1. The molecule has 0 spiro atoms. The maximum atomic E-state index is 11.6. The van der Waals surface area contributed by atoms with E-state index in [9.17, 15) is 4.79 Å². The number of nitrogens with one attached hydrogen (secondary N) is 1. The molecule has 0 unspecified atom stereocenters. The molecule has 3 heteroatoms. The maximum Gasteiger partial charge on any atom is 0.224 e. The molecule has 1 aliphatic carbocycles. The van der Waals surface area contributed by atoms with Crippen LogP contribution in [0.3, 0.4) is 0 Å². The van der Waals surface area contributed by atoms with Crippen LogP contribution in [0.5, 0.6) is 0 Å². The van der Waals surface area contributed by atoms with E-state index in [0.29, 0.717) is 12.3 Å². The molecule has 1 aromatic rings. The van der Waals surface area contributed by atoms with Gasteiger partial charge in [-0.15, -0.1) is 0 Å². The van der Waals surface area contributed by atoms with Crippen LogP contribution in [0.15, 0.2) is 22.7 Å². The Morgan fingerprint density at radius 3 is 2.93 bits per heavy atom. The molecule has 15 heavy (non-hydrogen) atoms. The van der Waals surface area contributed by atoms with Gasteiger partial charge in [-0.05, 0) is 59.3 Å². The van der Waals surface area contributed by atoms with E-state index in [0.717, 1.165) is 15.7 Å². The molecule has 1 N–H and O–H groups in total. The topological polar surface area (TPSA) is 29.1 Å². The van der Waals surface area contributed by atoms with Crippen LogP contribution in [-0.2, 0) is 4.79 Å². The number of aryl methyl sites for hydroxylation is 1. The molecule has 1 aliphatic rings. The van der Waals surface area contributed by atoms with Gasteiger partial charge in [-0.3, -0.25) is 4.79 Å². The van der Waals surface area contributed by atoms with Crippen molar-refractivity contribution in [3.8, 4) is 0 Å². The van der Waals surface area contributed by atoms with Gasteiger partial charge in [0.1, 0.15) is 0 Å². The highest BCUT2D eigenvalue weighted by Crippen LogP contribution is 2.33. The highest BCUT2D eigenvalue weighted by molar-refractivity contribution is 9.10. The molecule has 0 aliphatic heterocycles. The minimum Gasteiger partial charge on any atom is -0.325 e. The van der Waals surface area contributed by atoms with E-state index in [-0.39, 0.29) is 5.91 Å². The quantitative estimate of drug-likeness (QED) is 0.893. The Balaban J connectivity index is 2.01. The summed E-state index contributed by atoms with van der Waals surface area (Å²) in [6.07, 6.45) is 3.09. The van der Waals surface area contributed by atoms with Gasteiger partial charge < -0.3 is 5.32 Å². The van der Waals surface area contributed by atoms with Crippen LogP contribution in [0.25, 0.3) is 0 Å². The standard InChI is InChI=1S/C12H14BrNO/c1-8-2-5-10(13)11(6-8)14-12(15)7-9-3-4-9/h2,5-6,9H,3-4,7H2,1H3,(H,14,15). The van der Waals surface area contributed by atoms with E-state index in [1.165, 1.54) is 12.8 Å². The Kier molecular flexibility index (Phi) is 3.10. The highest BCUT2D eigenvalue weighted by Gasteiger charge is 2.24. The van der Waals surface area contributed by atoms with Gasteiger partial charge in [0, 0.05) is 10.9 Å². The highest BCUT2D eigenvalue weighted by atomic mass is 79.9. The number of carbonyl (C=O) groups is 1. The van der Waals surface area contributed by atoms with Crippen molar-refractivity contribution in [2.24, 2.45) is 5.92 Å². The van der Waals surface area contributed by atoms with Gasteiger partial charge in [-0.1, -0.05) is 6.07 Å². The molecular formula is C12H14BrNO. The maximum absolute atomic E-state index is 11.6. The van der Waals surface area contributed by atoms with E-state index < -0.39 is 0 Å². The second-order valence-electron chi connectivity index (χ2n) is 4.18. The van der Waals surface area contributed by atoms with E-state index in [1.807, 2.05) is 25.1 Å². The summed E-state index contributed by atoms with van der Waals surface area (Å²) >= 11 is 3.43. The lowest BCUT2D eigenvalue weighted by Gasteiger charge is -2.07. The zero-order chi connectivity index (χ0) is 10.8. The fourth-order valence-corrected chi connectivity index (χ4v) is 1.87. The van der Waals surface area contributed by atoms with E-state index >= 15 is 0 Å². The van der Waals surface area contributed by atoms with Gasteiger partial charge in [-0.2, -0.15) is 0 Å². The average Bonchev–Trinajstić information content (AvgIpc) is 2.95. The lowest BCUT2D eigenvalue weighted by Crippen LogP contribution is -2.12. The summed E-state index contributed by atoms with van der Waals surface area (Å²) < 4.78 is 0.942. The average molecular weight is 268 g/mol. The Morgan fingerprint density at radius 2 is 2.27 bits per heavy atom. The van der Waals surface area contributed by atoms with Crippen LogP contribution in [0, 0.1) is 12.8 Å². The predicted molar refractivity (Wildman–Crippen MR) is 64.8 cm³/mol. The molecule has 0 bridgehead atoms. The van der Waals surface area contributed by atoms with Crippen LogP contribution >= 0.6 is 15.9 Å². The van der Waals surface area contributed by atoms with Gasteiger partial charge in [0.15, 0.2) is 0 Å². The van der Waals surface area contributed by atoms with Gasteiger partial charge in [0.25, 0.3) is 0 Å². The zero-order valence-electron chi connectivity index (χ0n) is 8.72. The van der Waals surface area contributed by atoms with Crippen molar-refractivity contribution in [2.45, 2.75) is 26.2 Å². The number of anilines is 1. The molecule has 1 fully saturated rings. The lowest BCUT2D eigenvalue weighted by molar-refractivity contribution is -0.116. The number of hydrogen-bond acceptors (Lipinski definition) is 1. The molecule has 1 amide bonds. The number of benzene rings is 1. The first-order chi connectivity index (χ1) is 7.15. The van der Waals surface area contributed by atoms with Crippen LogP contribution in [0.1, 0.15) is 24.8 Å². The van der Waals surface area contributed by atoms with Crippen molar-refractivity contribution < 1.29 is 4.79 Å². The summed E-state index contributed by atoms with van der Waals surface area (Å²) in [4.78, 5) is 11.6. The molecule has 0 aromatic heterocycles. The zero-order valence-corrected chi connectivity index (χ0v) is 10.3. The minimum atomic E-state index is 0.129. The molecular weight excluding hydrogens is 254 g/mol. The summed E-state index contributed by atoms with van der Waals surface area (Å²) in [7, 11) is 0. The Labute approximate surface area is 98.2 Å². The molecule has 80 valence electrons. The van der Waals surface area contributed by atoms with Crippen LogP contribution in [0.4, 0.5) is 5.69 Å². The predicted octanol–water partition coefficient (Wildman–Crippen LogP) is 3.50. The van der Waals surface area contributed by atoms with E-state index in [4.69, 9.17) is 0 Å². The largest absolute Gasteiger partial charge is 0.325 e. The Morgan fingerprint density at radius 1 is 1.53 bits per heavy atom. The van der Waals surface area contributed by atoms with Crippen molar-refractivity contribution in [3.05, 3.63) is 28.2 Å².